The van der Waals surface area contributed by atoms with Gasteiger partial charge >= 0.3 is 5.97 Å². The van der Waals surface area contributed by atoms with Gasteiger partial charge < -0.3 is 14.8 Å². The largest absolute Gasteiger partial charge is 0.491 e. The highest BCUT2D eigenvalue weighted by Crippen LogP contribution is 2.37. The standard InChI is InChI=1S/C30H34N4O3/c1-30(2,3)17-24-31-26-25(21-9-5-4-6-10-21)32-33-28(35)27(26)34(24)18-19-13-15-20(16-14-19)22-11-7-8-12-23(22)29(36)37/h7-8,11-16,21H,4-6,9-10,17-18H2,1-3H3,(H,33,35)(H,36,37). The van der Waals surface area contributed by atoms with Crippen molar-refractivity contribution in [2.45, 2.75) is 71.8 Å². The normalized spacial score (nSPS) is 14.8. The monoisotopic (exact) mass is 498 g/mol. The Balaban J connectivity index is 1.56. The third-order valence-corrected chi connectivity index (χ3v) is 7.20. The molecule has 1 fully saturated rings. The average Bonchev–Trinajstić information content (AvgIpc) is 3.22. The number of carbonyl (C=O) groups is 1. The van der Waals surface area contributed by atoms with Crippen LogP contribution in [-0.2, 0) is 13.0 Å². The van der Waals surface area contributed by atoms with Crippen molar-refractivity contribution in [2.75, 3.05) is 0 Å². The van der Waals surface area contributed by atoms with Crippen molar-refractivity contribution in [3.63, 3.8) is 0 Å². The van der Waals surface area contributed by atoms with Crippen LogP contribution in [0.1, 0.15) is 86.2 Å². The lowest BCUT2D eigenvalue weighted by Gasteiger charge is -2.20. The molecule has 4 aromatic rings. The highest BCUT2D eigenvalue weighted by Gasteiger charge is 2.27. The number of aromatic hydroxyl groups is 1. The van der Waals surface area contributed by atoms with Gasteiger partial charge in [-0.15, -0.1) is 10.2 Å². The molecule has 0 atom stereocenters. The second kappa shape index (κ2) is 9.96. The van der Waals surface area contributed by atoms with E-state index in [4.69, 9.17) is 4.98 Å². The fourth-order valence-corrected chi connectivity index (χ4v) is 5.42. The molecule has 192 valence electrons. The van der Waals surface area contributed by atoms with Gasteiger partial charge in [0.05, 0.1) is 11.3 Å². The van der Waals surface area contributed by atoms with Gasteiger partial charge in [0.2, 0.25) is 0 Å². The summed E-state index contributed by atoms with van der Waals surface area (Å²) < 4.78 is 2.08. The molecule has 2 N–H and O–H groups in total. The third kappa shape index (κ3) is 5.22. The minimum absolute atomic E-state index is 0.00496. The van der Waals surface area contributed by atoms with Crippen LogP contribution >= 0.6 is 0 Å². The van der Waals surface area contributed by atoms with Crippen LogP contribution < -0.4 is 0 Å². The van der Waals surface area contributed by atoms with Gasteiger partial charge in [0.25, 0.3) is 5.88 Å². The molecule has 0 bridgehead atoms. The van der Waals surface area contributed by atoms with Crippen molar-refractivity contribution in [3.05, 3.63) is 71.2 Å². The molecular formula is C30H34N4O3. The number of carboxylic acid groups (broad SMARTS) is 1. The summed E-state index contributed by atoms with van der Waals surface area (Å²) in [4.78, 5) is 16.7. The van der Waals surface area contributed by atoms with Crippen molar-refractivity contribution in [1.82, 2.24) is 19.7 Å². The van der Waals surface area contributed by atoms with Crippen LogP contribution in [0.3, 0.4) is 0 Å². The molecule has 2 heterocycles. The van der Waals surface area contributed by atoms with Crippen LogP contribution in [0.5, 0.6) is 5.88 Å². The molecule has 2 aromatic carbocycles. The first-order valence-electron chi connectivity index (χ1n) is 13.1. The maximum atomic E-state index is 11.7. The second-order valence-corrected chi connectivity index (χ2v) is 11.3. The number of carboxylic acids is 1. The molecule has 0 radical (unpaired) electrons. The maximum absolute atomic E-state index is 11.7. The van der Waals surface area contributed by atoms with E-state index >= 15 is 0 Å². The fraction of sp³-hybridized carbons (Fsp3) is 0.400. The molecular weight excluding hydrogens is 464 g/mol. The van der Waals surface area contributed by atoms with Crippen molar-refractivity contribution in [3.8, 4) is 17.0 Å². The Morgan fingerprint density at radius 2 is 1.70 bits per heavy atom. The van der Waals surface area contributed by atoms with Crippen molar-refractivity contribution in [1.29, 1.82) is 0 Å². The highest BCUT2D eigenvalue weighted by molar-refractivity contribution is 5.96. The van der Waals surface area contributed by atoms with E-state index in [1.54, 1.807) is 12.1 Å². The second-order valence-electron chi connectivity index (χ2n) is 11.3. The smallest absolute Gasteiger partial charge is 0.336 e. The molecule has 0 amide bonds. The summed E-state index contributed by atoms with van der Waals surface area (Å²) in [7, 11) is 0. The van der Waals surface area contributed by atoms with Crippen LogP contribution in [0, 0.1) is 5.41 Å². The van der Waals surface area contributed by atoms with Crippen LogP contribution in [0.4, 0.5) is 0 Å². The summed E-state index contributed by atoms with van der Waals surface area (Å²) in [6.07, 6.45) is 6.52. The van der Waals surface area contributed by atoms with Gasteiger partial charge in [-0.3, -0.25) is 0 Å². The molecule has 2 aromatic heterocycles. The minimum atomic E-state index is -0.943. The molecule has 0 saturated heterocycles. The van der Waals surface area contributed by atoms with E-state index in [0.29, 0.717) is 23.5 Å². The lowest BCUT2D eigenvalue weighted by atomic mass is 9.86. The Kier molecular flexibility index (Phi) is 6.71. The molecule has 1 aliphatic rings. The number of imidazole rings is 1. The van der Waals surface area contributed by atoms with E-state index in [1.165, 1.54) is 19.3 Å². The summed E-state index contributed by atoms with van der Waals surface area (Å²) in [6, 6.07) is 14.9. The van der Waals surface area contributed by atoms with Gasteiger partial charge in [-0.25, -0.2) is 9.78 Å². The fourth-order valence-electron chi connectivity index (χ4n) is 5.42. The minimum Gasteiger partial charge on any atom is -0.491 e. The summed E-state index contributed by atoms with van der Waals surface area (Å²) in [5.74, 6) is 0.199. The highest BCUT2D eigenvalue weighted by atomic mass is 16.4. The van der Waals surface area contributed by atoms with Gasteiger partial charge in [-0.05, 0) is 41.0 Å². The zero-order chi connectivity index (χ0) is 26.2. The first-order chi connectivity index (χ1) is 17.7. The number of fused-ring (bicyclic) bond motifs is 1. The first kappa shape index (κ1) is 24.9. The molecule has 1 saturated carbocycles. The van der Waals surface area contributed by atoms with Gasteiger partial charge in [-0.1, -0.05) is 82.5 Å². The Morgan fingerprint density at radius 1 is 1.00 bits per heavy atom. The maximum Gasteiger partial charge on any atom is 0.336 e. The van der Waals surface area contributed by atoms with Gasteiger partial charge in [0.15, 0.2) is 0 Å². The molecule has 1 aliphatic carbocycles. The summed E-state index contributed by atoms with van der Waals surface area (Å²) >= 11 is 0. The van der Waals surface area contributed by atoms with E-state index in [1.807, 2.05) is 36.4 Å². The van der Waals surface area contributed by atoms with Crippen LogP contribution in [-0.4, -0.2) is 35.9 Å². The molecule has 5 rings (SSSR count). The van der Waals surface area contributed by atoms with Gasteiger partial charge in [-0.2, -0.15) is 0 Å². The quantitative estimate of drug-likeness (QED) is 0.311. The van der Waals surface area contributed by atoms with E-state index < -0.39 is 5.97 Å². The molecule has 0 aliphatic heterocycles. The zero-order valence-corrected chi connectivity index (χ0v) is 21.7. The lowest BCUT2D eigenvalue weighted by Crippen LogP contribution is -2.15. The number of aromatic nitrogens is 4. The molecule has 7 nitrogen and oxygen atoms in total. The summed E-state index contributed by atoms with van der Waals surface area (Å²) in [6.45, 7) is 7.07. The molecule has 0 unspecified atom stereocenters. The van der Waals surface area contributed by atoms with Crippen LogP contribution in [0.2, 0.25) is 0 Å². The molecule has 7 heteroatoms. The predicted octanol–water partition coefficient (Wildman–Crippen LogP) is 6.58. The Labute approximate surface area is 217 Å². The van der Waals surface area contributed by atoms with Crippen molar-refractivity contribution in [2.24, 2.45) is 5.41 Å². The topological polar surface area (TPSA) is 101 Å². The Bertz CT molecular complexity index is 1430. The summed E-state index contributed by atoms with van der Waals surface area (Å²) in [5, 5.41) is 29.0. The first-order valence-corrected chi connectivity index (χ1v) is 13.1. The number of nitrogens with zero attached hydrogens (tertiary/aromatic N) is 4. The SMILES string of the molecule is CC(C)(C)Cc1nc2c(C3CCCCC3)nnc(O)c2n1Cc1ccc(-c2ccccc2C(=O)O)cc1. The van der Waals surface area contributed by atoms with Gasteiger partial charge in [0, 0.05) is 18.9 Å². The lowest BCUT2D eigenvalue weighted by molar-refractivity contribution is 0.0697. The number of aromatic carboxylic acids is 1. The number of hydrogen-bond donors (Lipinski definition) is 2. The number of hydrogen-bond acceptors (Lipinski definition) is 5. The number of rotatable bonds is 6. The van der Waals surface area contributed by atoms with Gasteiger partial charge in [0.1, 0.15) is 16.9 Å². The average molecular weight is 499 g/mol. The third-order valence-electron chi connectivity index (χ3n) is 7.20. The van der Waals surface area contributed by atoms with Crippen molar-refractivity contribution < 1.29 is 15.0 Å². The van der Waals surface area contributed by atoms with E-state index in [9.17, 15) is 15.0 Å². The predicted molar refractivity (Wildman–Crippen MR) is 144 cm³/mol. The van der Waals surface area contributed by atoms with E-state index in [0.717, 1.165) is 47.4 Å². The van der Waals surface area contributed by atoms with Crippen LogP contribution in [0.15, 0.2) is 48.5 Å². The van der Waals surface area contributed by atoms with Crippen LogP contribution in [0.25, 0.3) is 22.2 Å². The molecule has 37 heavy (non-hydrogen) atoms. The summed E-state index contributed by atoms with van der Waals surface area (Å²) in [5.41, 5.74) is 5.17. The Hall–Kier alpha value is -3.74. The molecule has 0 spiro atoms. The van der Waals surface area contributed by atoms with Crippen molar-refractivity contribution >= 4 is 17.0 Å². The van der Waals surface area contributed by atoms with E-state index in [-0.39, 0.29) is 16.9 Å². The number of benzene rings is 2. The van der Waals surface area contributed by atoms with E-state index in [2.05, 4.69) is 35.5 Å². The Morgan fingerprint density at radius 3 is 2.38 bits per heavy atom. The zero-order valence-electron chi connectivity index (χ0n) is 21.7.